The first kappa shape index (κ1) is 25.5. The highest BCUT2D eigenvalue weighted by Crippen LogP contribution is 2.41. The lowest BCUT2D eigenvalue weighted by atomic mass is 10.1. The Balaban J connectivity index is 0.00000294. The molecule has 1 aromatic carbocycles. The molecule has 6 rings (SSSR count). The Bertz CT molecular complexity index is 1640. The number of alkyl halides is 2. The van der Waals surface area contributed by atoms with E-state index in [2.05, 4.69) is 30.6 Å². The average molecular weight is 540 g/mol. The standard InChI is InChI=1S/C25H22F3N9.H2S/c1-14-11-29-24(31-20-8-9-30-35(20)3)32-21(14)16-10-19-22-33-34-23(37(22)15(2)12-36(19)13-16)25(27,28)17-6-4-5-7-18(17)26;/h4-11,13,15H,12H2,1-3H3,(H,29,31,32);1H2/t15-;/m0./s1. The van der Waals surface area contributed by atoms with Crippen molar-refractivity contribution in [3.8, 4) is 22.8 Å². The smallest absolute Gasteiger partial charge is 0.334 e. The lowest BCUT2D eigenvalue weighted by Gasteiger charge is -2.27. The highest BCUT2D eigenvalue weighted by Gasteiger charge is 2.44. The first-order valence-electron chi connectivity index (χ1n) is 11.6. The Labute approximate surface area is 222 Å². The number of nitrogens with one attached hydrogen (secondary N) is 1. The van der Waals surface area contributed by atoms with E-state index in [1.165, 1.54) is 16.7 Å². The molecule has 1 atom stereocenters. The van der Waals surface area contributed by atoms with Crippen LogP contribution in [0.5, 0.6) is 0 Å². The van der Waals surface area contributed by atoms with Crippen LogP contribution in [0, 0.1) is 12.7 Å². The second-order valence-corrected chi connectivity index (χ2v) is 9.08. The number of benzene rings is 1. The first-order chi connectivity index (χ1) is 17.7. The minimum Gasteiger partial charge on any atom is -0.342 e. The van der Waals surface area contributed by atoms with E-state index >= 15 is 8.78 Å². The van der Waals surface area contributed by atoms with E-state index in [9.17, 15) is 4.39 Å². The van der Waals surface area contributed by atoms with E-state index in [0.29, 0.717) is 23.9 Å². The highest BCUT2D eigenvalue weighted by molar-refractivity contribution is 7.59. The third-order valence-corrected chi connectivity index (χ3v) is 6.52. The summed E-state index contributed by atoms with van der Waals surface area (Å²) in [5.41, 5.74) is 2.21. The zero-order valence-corrected chi connectivity index (χ0v) is 21.7. The lowest BCUT2D eigenvalue weighted by molar-refractivity contribution is 0.0231. The second kappa shape index (κ2) is 9.31. The normalized spacial score (nSPS) is 14.5. The van der Waals surface area contributed by atoms with E-state index < -0.39 is 23.1 Å². The quantitative estimate of drug-likeness (QED) is 0.340. The summed E-state index contributed by atoms with van der Waals surface area (Å²) in [6.45, 7) is 4.12. The van der Waals surface area contributed by atoms with Crippen LogP contribution in [0.15, 0.2) is 55.0 Å². The molecule has 0 saturated heterocycles. The average Bonchev–Trinajstić information content (AvgIpc) is 3.59. The van der Waals surface area contributed by atoms with Crippen molar-refractivity contribution in [2.24, 2.45) is 7.05 Å². The van der Waals surface area contributed by atoms with E-state index in [4.69, 9.17) is 0 Å². The van der Waals surface area contributed by atoms with Crippen molar-refractivity contribution in [1.29, 1.82) is 0 Å². The number of hydrogen-bond acceptors (Lipinski definition) is 6. The number of rotatable bonds is 5. The van der Waals surface area contributed by atoms with Crippen LogP contribution in [-0.2, 0) is 19.5 Å². The zero-order chi connectivity index (χ0) is 25.9. The van der Waals surface area contributed by atoms with Gasteiger partial charge in [-0.2, -0.15) is 27.4 Å². The number of nitrogens with zero attached hydrogens (tertiary/aromatic N) is 8. The summed E-state index contributed by atoms with van der Waals surface area (Å²) in [7, 11) is 1.81. The first-order valence-corrected chi connectivity index (χ1v) is 11.6. The van der Waals surface area contributed by atoms with Crippen LogP contribution in [0.1, 0.15) is 29.9 Å². The van der Waals surface area contributed by atoms with Gasteiger partial charge in [-0.3, -0.25) is 9.25 Å². The monoisotopic (exact) mass is 539 g/mol. The molecule has 5 heterocycles. The minimum atomic E-state index is -3.65. The Morgan fingerprint density at radius 3 is 2.66 bits per heavy atom. The summed E-state index contributed by atoms with van der Waals surface area (Å²) in [6.07, 6.45) is 5.30. The molecule has 0 fully saturated rings. The molecule has 9 nitrogen and oxygen atoms in total. The van der Waals surface area contributed by atoms with Crippen LogP contribution in [-0.4, -0.2) is 39.1 Å². The summed E-state index contributed by atoms with van der Waals surface area (Å²) >= 11 is 0. The van der Waals surface area contributed by atoms with Gasteiger partial charge in [-0.1, -0.05) is 12.1 Å². The number of hydrogen-bond donors (Lipinski definition) is 1. The summed E-state index contributed by atoms with van der Waals surface area (Å²) in [6, 6.07) is 8.10. The van der Waals surface area contributed by atoms with Gasteiger partial charge in [0.05, 0.1) is 29.2 Å². The fraction of sp³-hybridized carbons (Fsp3) is 0.240. The molecule has 1 aliphatic heterocycles. The van der Waals surface area contributed by atoms with Gasteiger partial charge in [0.25, 0.3) is 0 Å². The van der Waals surface area contributed by atoms with Crippen molar-refractivity contribution < 1.29 is 13.2 Å². The van der Waals surface area contributed by atoms with Gasteiger partial charge >= 0.3 is 5.92 Å². The molecule has 13 heteroatoms. The molecule has 0 bridgehead atoms. The van der Waals surface area contributed by atoms with Gasteiger partial charge in [0.2, 0.25) is 11.8 Å². The number of anilines is 2. The maximum Gasteiger partial charge on any atom is 0.334 e. The van der Waals surface area contributed by atoms with Crippen LogP contribution in [0.3, 0.4) is 0 Å². The molecular formula is C25H24F3N9S. The van der Waals surface area contributed by atoms with Gasteiger partial charge in [0.1, 0.15) is 11.6 Å². The molecular weight excluding hydrogens is 515 g/mol. The topological polar surface area (TPSA) is 91.3 Å². The van der Waals surface area contributed by atoms with Gasteiger partial charge in [-0.05, 0) is 37.6 Å². The number of aromatic nitrogens is 8. The SMILES string of the molecule is Cc1cnc(Nc2ccnn2C)nc1-c1cc2n(c1)C[C@H](C)n1c-2nnc1C(F)(F)c1ccccc1F.S. The van der Waals surface area contributed by atoms with Crippen LogP contribution in [0.25, 0.3) is 22.8 Å². The molecule has 0 unspecified atom stereocenters. The van der Waals surface area contributed by atoms with Gasteiger partial charge in [-0.25, -0.2) is 14.4 Å². The van der Waals surface area contributed by atoms with Crippen LogP contribution < -0.4 is 5.32 Å². The zero-order valence-electron chi connectivity index (χ0n) is 20.7. The molecule has 0 amide bonds. The number of halogens is 3. The van der Waals surface area contributed by atoms with Gasteiger partial charge in [-0.15, -0.1) is 10.2 Å². The van der Waals surface area contributed by atoms with Crippen molar-refractivity contribution in [3.63, 3.8) is 0 Å². The maximum absolute atomic E-state index is 15.5. The van der Waals surface area contributed by atoms with Gasteiger partial charge in [0.15, 0.2) is 5.82 Å². The van der Waals surface area contributed by atoms with Crippen molar-refractivity contribution in [3.05, 3.63) is 77.8 Å². The fourth-order valence-electron chi connectivity index (χ4n) is 4.68. The van der Waals surface area contributed by atoms with E-state index in [1.54, 1.807) is 24.1 Å². The largest absolute Gasteiger partial charge is 0.342 e. The summed E-state index contributed by atoms with van der Waals surface area (Å²) < 4.78 is 50.2. The molecule has 1 N–H and O–H groups in total. The van der Waals surface area contributed by atoms with E-state index in [-0.39, 0.29) is 25.4 Å². The van der Waals surface area contributed by atoms with Gasteiger partial charge in [0, 0.05) is 37.6 Å². The van der Waals surface area contributed by atoms with Crippen molar-refractivity contribution >= 4 is 25.3 Å². The maximum atomic E-state index is 15.5. The fourth-order valence-corrected chi connectivity index (χ4v) is 4.68. The van der Waals surface area contributed by atoms with Crippen molar-refractivity contribution in [2.75, 3.05) is 5.32 Å². The Hall–Kier alpha value is -4.13. The van der Waals surface area contributed by atoms with Crippen LogP contribution >= 0.6 is 13.5 Å². The molecule has 1 aliphatic rings. The third-order valence-electron chi connectivity index (χ3n) is 6.52. The Morgan fingerprint density at radius 2 is 1.92 bits per heavy atom. The minimum absolute atomic E-state index is 0. The number of aryl methyl sites for hydroxylation is 2. The van der Waals surface area contributed by atoms with Crippen LogP contribution in [0.2, 0.25) is 0 Å². The van der Waals surface area contributed by atoms with Crippen molar-refractivity contribution in [1.82, 2.24) is 39.1 Å². The van der Waals surface area contributed by atoms with E-state index in [1.807, 2.05) is 36.7 Å². The number of fused-ring (bicyclic) bond motifs is 3. The summed E-state index contributed by atoms with van der Waals surface area (Å²) in [4.78, 5) is 9.06. The summed E-state index contributed by atoms with van der Waals surface area (Å²) in [5, 5.41) is 15.2. The second-order valence-electron chi connectivity index (χ2n) is 9.08. The molecule has 4 aromatic heterocycles. The predicted octanol–water partition coefficient (Wildman–Crippen LogP) is 4.96. The molecule has 0 saturated carbocycles. The predicted molar refractivity (Wildman–Crippen MR) is 140 cm³/mol. The van der Waals surface area contributed by atoms with Crippen molar-refractivity contribution in [2.45, 2.75) is 32.4 Å². The van der Waals surface area contributed by atoms with Crippen LogP contribution in [0.4, 0.5) is 24.9 Å². The summed E-state index contributed by atoms with van der Waals surface area (Å²) in [5.74, 6) is -3.81. The molecule has 5 aromatic rings. The molecule has 0 aliphatic carbocycles. The van der Waals surface area contributed by atoms with Gasteiger partial charge < -0.3 is 9.88 Å². The molecule has 0 radical (unpaired) electrons. The molecule has 38 heavy (non-hydrogen) atoms. The molecule has 196 valence electrons. The molecule has 0 spiro atoms. The third kappa shape index (κ3) is 4.02. The highest BCUT2D eigenvalue weighted by atomic mass is 32.1. The lowest BCUT2D eigenvalue weighted by Crippen LogP contribution is -2.28. The Kier molecular flexibility index (Phi) is 6.25. The van der Waals surface area contributed by atoms with E-state index in [0.717, 1.165) is 29.1 Å². The Morgan fingerprint density at radius 1 is 1.13 bits per heavy atom.